The van der Waals surface area contributed by atoms with Gasteiger partial charge < -0.3 is 10.2 Å². The molecule has 1 aliphatic rings. The normalized spacial score (nSPS) is 14.7. The summed E-state index contributed by atoms with van der Waals surface area (Å²) >= 11 is 0. The smallest absolute Gasteiger partial charge is 0.243 e. The topological polar surface area (TPSA) is 49.4 Å². The molecule has 0 bridgehead atoms. The number of rotatable bonds is 9. The molecule has 36 heavy (non-hydrogen) atoms. The fraction of sp³-hybridized carbons (Fsp3) is 0.355. The van der Waals surface area contributed by atoms with Gasteiger partial charge in [0, 0.05) is 19.0 Å². The summed E-state index contributed by atoms with van der Waals surface area (Å²) in [6.07, 6.45) is 5.98. The van der Waals surface area contributed by atoms with Crippen molar-refractivity contribution in [2.75, 3.05) is 0 Å². The molecule has 0 radical (unpaired) electrons. The van der Waals surface area contributed by atoms with Crippen molar-refractivity contribution >= 4 is 11.8 Å². The van der Waals surface area contributed by atoms with Crippen LogP contribution >= 0.6 is 0 Å². The zero-order chi connectivity index (χ0) is 25.3. The predicted octanol–water partition coefficient (Wildman–Crippen LogP) is 5.77. The Morgan fingerprint density at radius 1 is 0.861 bits per heavy atom. The van der Waals surface area contributed by atoms with Crippen LogP contribution in [0.3, 0.4) is 0 Å². The van der Waals surface area contributed by atoms with Crippen molar-refractivity contribution in [1.82, 2.24) is 10.2 Å². The van der Waals surface area contributed by atoms with Crippen LogP contribution < -0.4 is 5.32 Å². The second-order valence-electron chi connectivity index (χ2n) is 9.86. The Morgan fingerprint density at radius 3 is 2.17 bits per heavy atom. The molecule has 4 rings (SSSR count). The van der Waals surface area contributed by atoms with Crippen LogP contribution in [0, 0.1) is 12.7 Å². The van der Waals surface area contributed by atoms with E-state index in [2.05, 4.69) is 5.32 Å². The molecule has 0 aromatic heterocycles. The Morgan fingerprint density at radius 2 is 1.50 bits per heavy atom. The molecule has 5 heteroatoms. The second-order valence-corrected chi connectivity index (χ2v) is 9.86. The Balaban J connectivity index is 1.64. The number of hydrogen-bond donors (Lipinski definition) is 1. The zero-order valence-electron chi connectivity index (χ0n) is 21.0. The van der Waals surface area contributed by atoms with E-state index in [-0.39, 0.29) is 36.6 Å². The fourth-order valence-corrected chi connectivity index (χ4v) is 4.87. The molecule has 188 valence electrons. The van der Waals surface area contributed by atoms with E-state index in [4.69, 9.17) is 0 Å². The number of amides is 2. The van der Waals surface area contributed by atoms with E-state index >= 15 is 0 Å². The average molecular weight is 487 g/mol. The molecule has 0 spiro atoms. The Hall–Kier alpha value is -3.47. The molecule has 1 aliphatic carbocycles. The minimum absolute atomic E-state index is 0.120. The highest BCUT2D eigenvalue weighted by molar-refractivity contribution is 5.89. The highest BCUT2D eigenvalue weighted by Crippen LogP contribution is 2.20. The summed E-state index contributed by atoms with van der Waals surface area (Å²) < 4.78 is 13.6. The van der Waals surface area contributed by atoms with Crippen LogP contribution in [0.4, 0.5) is 4.39 Å². The van der Waals surface area contributed by atoms with Gasteiger partial charge in [0.2, 0.25) is 11.8 Å². The molecule has 0 heterocycles. The molecular weight excluding hydrogens is 451 g/mol. The van der Waals surface area contributed by atoms with Crippen molar-refractivity contribution in [2.24, 2.45) is 0 Å². The van der Waals surface area contributed by atoms with E-state index in [1.54, 1.807) is 17.0 Å². The van der Waals surface area contributed by atoms with Gasteiger partial charge in [-0.2, -0.15) is 0 Å². The number of aryl methyl sites for hydroxylation is 1. The van der Waals surface area contributed by atoms with E-state index in [1.165, 1.54) is 18.6 Å². The maximum absolute atomic E-state index is 13.8. The van der Waals surface area contributed by atoms with Gasteiger partial charge in [-0.05, 0) is 48.6 Å². The molecule has 1 saturated carbocycles. The minimum atomic E-state index is -0.669. The highest BCUT2D eigenvalue weighted by Gasteiger charge is 2.32. The molecule has 4 nitrogen and oxygen atoms in total. The maximum atomic E-state index is 13.8. The van der Waals surface area contributed by atoms with Gasteiger partial charge in [-0.3, -0.25) is 9.59 Å². The quantitative estimate of drug-likeness (QED) is 0.418. The van der Waals surface area contributed by atoms with Crippen LogP contribution in [0.5, 0.6) is 0 Å². The van der Waals surface area contributed by atoms with E-state index < -0.39 is 6.04 Å². The summed E-state index contributed by atoms with van der Waals surface area (Å²) in [5.41, 5.74) is 3.81. The summed E-state index contributed by atoms with van der Waals surface area (Å²) in [6.45, 7) is 2.25. The van der Waals surface area contributed by atoms with Crippen molar-refractivity contribution in [3.8, 4) is 0 Å². The minimum Gasteiger partial charge on any atom is -0.352 e. The molecule has 1 atom stereocenters. The lowest BCUT2D eigenvalue weighted by molar-refractivity contribution is -0.141. The van der Waals surface area contributed by atoms with Gasteiger partial charge in [0.25, 0.3) is 0 Å². The molecule has 1 fully saturated rings. The lowest BCUT2D eigenvalue weighted by atomic mass is 9.94. The third-order valence-corrected chi connectivity index (χ3v) is 6.96. The number of benzene rings is 3. The van der Waals surface area contributed by atoms with Gasteiger partial charge in [-0.1, -0.05) is 91.6 Å². The van der Waals surface area contributed by atoms with Crippen LogP contribution in [0.15, 0.2) is 78.9 Å². The highest BCUT2D eigenvalue weighted by atomic mass is 19.1. The van der Waals surface area contributed by atoms with Crippen LogP contribution in [-0.2, 0) is 29.0 Å². The van der Waals surface area contributed by atoms with Crippen molar-refractivity contribution in [1.29, 1.82) is 0 Å². The predicted molar refractivity (Wildman–Crippen MR) is 141 cm³/mol. The summed E-state index contributed by atoms with van der Waals surface area (Å²) in [6, 6.07) is 23.3. The maximum Gasteiger partial charge on any atom is 0.243 e. The SMILES string of the molecule is Cc1ccc(CC(=O)N(Cc2ccc(F)cc2)[C@H](Cc2ccccc2)C(=O)NC2CCCCC2)cc1. The molecule has 1 N–H and O–H groups in total. The Kier molecular flexibility index (Phi) is 8.88. The first-order valence-electron chi connectivity index (χ1n) is 12.9. The van der Waals surface area contributed by atoms with Gasteiger partial charge in [-0.15, -0.1) is 0 Å². The summed E-state index contributed by atoms with van der Waals surface area (Å²) in [4.78, 5) is 29.2. The molecule has 0 unspecified atom stereocenters. The molecule has 0 aliphatic heterocycles. The van der Waals surface area contributed by atoms with Gasteiger partial charge in [0.1, 0.15) is 11.9 Å². The lowest BCUT2D eigenvalue weighted by Gasteiger charge is -2.33. The monoisotopic (exact) mass is 486 g/mol. The standard InChI is InChI=1S/C31H35FN2O2/c1-23-12-14-25(15-13-23)21-30(35)34(22-26-16-18-27(32)19-17-26)29(20-24-8-4-2-5-9-24)31(36)33-28-10-6-3-7-11-28/h2,4-5,8-9,12-19,28-29H,3,6-7,10-11,20-22H2,1H3,(H,33,36)/t29-/m1/s1. The third kappa shape index (κ3) is 7.27. The second kappa shape index (κ2) is 12.5. The zero-order valence-corrected chi connectivity index (χ0v) is 21.0. The van der Waals surface area contributed by atoms with Crippen LogP contribution in [-0.4, -0.2) is 28.8 Å². The van der Waals surface area contributed by atoms with Crippen molar-refractivity contribution < 1.29 is 14.0 Å². The van der Waals surface area contributed by atoms with Crippen molar-refractivity contribution in [3.63, 3.8) is 0 Å². The molecule has 3 aromatic carbocycles. The van der Waals surface area contributed by atoms with Gasteiger partial charge in [-0.25, -0.2) is 4.39 Å². The number of hydrogen-bond acceptors (Lipinski definition) is 2. The van der Waals surface area contributed by atoms with Crippen molar-refractivity contribution in [3.05, 3.63) is 107 Å². The molecular formula is C31H35FN2O2. The summed E-state index contributed by atoms with van der Waals surface area (Å²) in [5.74, 6) is -0.569. The Bertz CT molecular complexity index is 1120. The first-order valence-corrected chi connectivity index (χ1v) is 12.9. The number of carbonyl (C=O) groups is 2. The Labute approximate surface area is 213 Å². The summed E-state index contributed by atoms with van der Waals surface area (Å²) in [7, 11) is 0. The third-order valence-electron chi connectivity index (χ3n) is 6.96. The van der Waals surface area contributed by atoms with Crippen LogP contribution in [0.2, 0.25) is 0 Å². The molecule has 2 amide bonds. The molecule has 3 aromatic rings. The van der Waals surface area contributed by atoms with Crippen LogP contribution in [0.1, 0.15) is 54.4 Å². The number of nitrogens with zero attached hydrogens (tertiary/aromatic N) is 1. The van der Waals surface area contributed by atoms with E-state index in [0.29, 0.717) is 6.42 Å². The van der Waals surface area contributed by atoms with E-state index in [0.717, 1.165) is 47.9 Å². The van der Waals surface area contributed by atoms with Crippen molar-refractivity contribution in [2.45, 2.75) is 70.5 Å². The van der Waals surface area contributed by atoms with Gasteiger partial charge >= 0.3 is 0 Å². The first-order chi connectivity index (χ1) is 17.5. The first kappa shape index (κ1) is 25.6. The number of carbonyl (C=O) groups excluding carboxylic acids is 2. The van der Waals surface area contributed by atoms with Gasteiger partial charge in [0.05, 0.1) is 6.42 Å². The van der Waals surface area contributed by atoms with Gasteiger partial charge in [0.15, 0.2) is 0 Å². The number of halogens is 1. The fourth-order valence-electron chi connectivity index (χ4n) is 4.87. The largest absolute Gasteiger partial charge is 0.352 e. The summed E-state index contributed by atoms with van der Waals surface area (Å²) in [5, 5.41) is 3.25. The number of nitrogens with one attached hydrogen (secondary N) is 1. The average Bonchev–Trinajstić information content (AvgIpc) is 2.89. The lowest BCUT2D eigenvalue weighted by Crippen LogP contribution is -2.53. The molecule has 0 saturated heterocycles. The van der Waals surface area contributed by atoms with E-state index in [1.807, 2.05) is 61.5 Å². The van der Waals surface area contributed by atoms with E-state index in [9.17, 15) is 14.0 Å². The van der Waals surface area contributed by atoms with Crippen LogP contribution in [0.25, 0.3) is 0 Å².